The van der Waals surface area contributed by atoms with Gasteiger partial charge in [0, 0.05) is 12.7 Å². The summed E-state index contributed by atoms with van der Waals surface area (Å²) in [5.74, 6) is 3.36. The highest BCUT2D eigenvalue weighted by atomic mass is 32.1. The lowest BCUT2D eigenvalue weighted by Crippen LogP contribution is -2.24. The number of hydrogen-bond acceptors (Lipinski definition) is 4. The van der Waals surface area contributed by atoms with Gasteiger partial charge in [0.25, 0.3) is 0 Å². The number of allylic oxidation sites excluding steroid dienone is 2. The van der Waals surface area contributed by atoms with E-state index in [2.05, 4.69) is 46.7 Å². The molecule has 2 aliphatic carbocycles. The number of fused-ring (bicyclic) bond motifs is 2. The predicted octanol–water partition coefficient (Wildman–Crippen LogP) is 5.69. The summed E-state index contributed by atoms with van der Waals surface area (Å²) < 4.78 is 5.88. The molecule has 0 radical (unpaired) electrons. The number of hydrogen-bond donors (Lipinski definition) is 1. The molecule has 2 aromatic carbocycles. The smallest absolute Gasteiger partial charge is 0.119 e. The van der Waals surface area contributed by atoms with Crippen molar-refractivity contribution in [1.29, 1.82) is 0 Å². The molecule has 2 aliphatic rings. The normalized spacial score (nSPS) is 22.3. The van der Waals surface area contributed by atoms with Gasteiger partial charge in [-0.05, 0) is 72.5 Å². The third-order valence-corrected chi connectivity index (χ3v) is 7.09. The van der Waals surface area contributed by atoms with Crippen molar-refractivity contribution < 1.29 is 4.74 Å². The number of nitrogens with zero attached hydrogens (tertiary/aromatic N) is 1. The third kappa shape index (κ3) is 4.44. The van der Waals surface area contributed by atoms with Gasteiger partial charge in [-0.2, -0.15) is 0 Å². The molecule has 1 saturated carbocycles. The Balaban J connectivity index is 1.12. The van der Waals surface area contributed by atoms with Crippen molar-refractivity contribution in [3.05, 3.63) is 83.5 Å². The van der Waals surface area contributed by atoms with Crippen molar-refractivity contribution in [2.75, 3.05) is 6.54 Å². The first-order valence-electron chi connectivity index (χ1n) is 10.4. The van der Waals surface area contributed by atoms with E-state index < -0.39 is 0 Å². The zero-order valence-electron chi connectivity index (χ0n) is 16.5. The maximum absolute atomic E-state index is 5.88. The molecule has 2 bridgehead atoms. The van der Waals surface area contributed by atoms with Crippen LogP contribution in [0.4, 0.5) is 0 Å². The Bertz CT molecular complexity index is 964. The number of thiazole rings is 1. The van der Waals surface area contributed by atoms with Gasteiger partial charge in [-0.1, -0.05) is 42.5 Å². The first-order chi connectivity index (χ1) is 14.3. The van der Waals surface area contributed by atoms with Gasteiger partial charge in [-0.3, -0.25) is 0 Å². The van der Waals surface area contributed by atoms with Gasteiger partial charge in [0.05, 0.1) is 4.88 Å². The maximum atomic E-state index is 5.88. The van der Waals surface area contributed by atoms with Crippen molar-refractivity contribution in [1.82, 2.24) is 10.3 Å². The highest BCUT2D eigenvalue weighted by molar-refractivity contribution is 7.15. The summed E-state index contributed by atoms with van der Waals surface area (Å²) in [6, 6.07) is 18.6. The van der Waals surface area contributed by atoms with Crippen LogP contribution in [0.1, 0.15) is 23.4 Å². The molecule has 0 saturated heterocycles. The van der Waals surface area contributed by atoms with E-state index in [1.807, 2.05) is 36.5 Å². The number of aromatic nitrogens is 1. The van der Waals surface area contributed by atoms with Gasteiger partial charge >= 0.3 is 0 Å². The van der Waals surface area contributed by atoms with Gasteiger partial charge in [0.1, 0.15) is 17.4 Å². The summed E-state index contributed by atoms with van der Waals surface area (Å²) in [5, 5.41) is 4.78. The minimum atomic E-state index is 0.592. The summed E-state index contributed by atoms with van der Waals surface area (Å²) in [5.41, 5.74) is 2.37. The Labute approximate surface area is 176 Å². The van der Waals surface area contributed by atoms with Gasteiger partial charge in [-0.15, -0.1) is 11.3 Å². The fourth-order valence-corrected chi connectivity index (χ4v) is 5.37. The summed E-state index contributed by atoms with van der Waals surface area (Å²) >= 11 is 1.77. The quantitative estimate of drug-likeness (QED) is 0.492. The summed E-state index contributed by atoms with van der Waals surface area (Å²) in [6.45, 7) is 2.56. The van der Waals surface area contributed by atoms with Crippen LogP contribution in [0, 0.1) is 17.8 Å². The second-order valence-electron chi connectivity index (χ2n) is 8.09. The van der Waals surface area contributed by atoms with Crippen LogP contribution in [0.2, 0.25) is 0 Å². The van der Waals surface area contributed by atoms with Crippen LogP contribution in [-0.4, -0.2) is 11.5 Å². The standard InChI is InChI=1S/C25H26N2OS/c1-2-4-18(5-3-1)17-28-23-10-8-20(9-11-23)24-15-27-25(29-24)16-26-14-22-13-19-6-7-21(22)12-19/h1-11,15,19,21-22,26H,12-14,16-17H2. The second-order valence-corrected chi connectivity index (χ2v) is 9.20. The zero-order valence-corrected chi connectivity index (χ0v) is 17.3. The first kappa shape index (κ1) is 18.6. The van der Waals surface area contributed by atoms with E-state index >= 15 is 0 Å². The van der Waals surface area contributed by atoms with E-state index in [1.165, 1.54) is 28.8 Å². The molecule has 3 nitrogen and oxygen atoms in total. The molecule has 0 amide bonds. The Morgan fingerprint density at radius 2 is 1.86 bits per heavy atom. The predicted molar refractivity (Wildman–Crippen MR) is 119 cm³/mol. The Kier molecular flexibility index (Phi) is 5.46. The molecule has 1 heterocycles. The van der Waals surface area contributed by atoms with Crippen LogP contribution in [0.25, 0.3) is 10.4 Å². The molecule has 148 valence electrons. The molecule has 4 heteroatoms. The van der Waals surface area contributed by atoms with E-state index in [4.69, 9.17) is 4.74 Å². The Morgan fingerprint density at radius 3 is 2.62 bits per heavy atom. The molecule has 5 rings (SSSR count). The van der Waals surface area contributed by atoms with Crippen LogP contribution in [-0.2, 0) is 13.2 Å². The van der Waals surface area contributed by atoms with E-state index in [1.54, 1.807) is 11.3 Å². The minimum absolute atomic E-state index is 0.592. The molecule has 29 heavy (non-hydrogen) atoms. The molecule has 0 spiro atoms. The van der Waals surface area contributed by atoms with Crippen LogP contribution in [0.3, 0.4) is 0 Å². The number of benzene rings is 2. The molecule has 1 aromatic heterocycles. The van der Waals surface area contributed by atoms with E-state index in [9.17, 15) is 0 Å². The lowest BCUT2D eigenvalue weighted by atomic mass is 9.94. The van der Waals surface area contributed by atoms with Gasteiger partial charge in [0.15, 0.2) is 0 Å². The SMILES string of the molecule is C1=CC2CC1CC2CNCc1ncc(-c2ccc(OCc3ccccc3)cc2)s1. The van der Waals surface area contributed by atoms with Crippen molar-refractivity contribution in [3.8, 4) is 16.2 Å². The van der Waals surface area contributed by atoms with Crippen LogP contribution in [0.15, 0.2) is 72.9 Å². The summed E-state index contributed by atoms with van der Waals surface area (Å²) in [6.07, 6.45) is 9.55. The van der Waals surface area contributed by atoms with Gasteiger partial charge in [0.2, 0.25) is 0 Å². The van der Waals surface area contributed by atoms with E-state index in [-0.39, 0.29) is 0 Å². The zero-order chi connectivity index (χ0) is 19.5. The van der Waals surface area contributed by atoms with Crippen molar-refractivity contribution in [2.45, 2.75) is 26.0 Å². The topological polar surface area (TPSA) is 34.2 Å². The average Bonchev–Trinajstić information content (AvgIpc) is 3.51. The lowest BCUT2D eigenvalue weighted by Gasteiger charge is -2.18. The fourth-order valence-electron chi connectivity index (χ4n) is 4.48. The largest absolute Gasteiger partial charge is 0.489 e. The van der Waals surface area contributed by atoms with E-state index in [0.29, 0.717) is 6.61 Å². The average molecular weight is 403 g/mol. The van der Waals surface area contributed by atoms with Gasteiger partial charge < -0.3 is 10.1 Å². The number of ether oxygens (including phenoxy) is 1. The molecule has 3 aromatic rings. The molecule has 1 N–H and O–H groups in total. The maximum Gasteiger partial charge on any atom is 0.119 e. The summed E-state index contributed by atoms with van der Waals surface area (Å²) in [7, 11) is 0. The molecular weight excluding hydrogens is 376 g/mol. The van der Waals surface area contributed by atoms with Crippen molar-refractivity contribution in [3.63, 3.8) is 0 Å². The van der Waals surface area contributed by atoms with Crippen LogP contribution >= 0.6 is 11.3 Å². The highest BCUT2D eigenvalue weighted by Crippen LogP contribution is 2.43. The van der Waals surface area contributed by atoms with E-state index in [0.717, 1.165) is 41.6 Å². The molecule has 3 unspecified atom stereocenters. The monoisotopic (exact) mass is 402 g/mol. The van der Waals surface area contributed by atoms with Crippen molar-refractivity contribution in [2.24, 2.45) is 17.8 Å². The van der Waals surface area contributed by atoms with Crippen LogP contribution < -0.4 is 10.1 Å². The number of nitrogens with one attached hydrogen (secondary N) is 1. The molecule has 1 fully saturated rings. The molecule has 0 aliphatic heterocycles. The second kappa shape index (κ2) is 8.52. The summed E-state index contributed by atoms with van der Waals surface area (Å²) in [4.78, 5) is 5.82. The highest BCUT2D eigenvalue weighted by Gasteiger charge is 2.34. The fraction of sp³-hybridized carbons (Fsp3) is 0.320. The van der Waals surface area contributed by atoms with Gasteiger partial charge in [-0.25, -0.2) is 4.98 Å². The minimum Gasteiger partial charge on any atom is -0.489 e. The van der Waals surface area contributed by atoms with Crippen LogP contribution in [0.5, 0.6) is 5.75 Å². The number of rotatable bonds is 8. The third-order valence-electron chi connectivity index (χ3n) is 6.04. The first-order valence-corrected chi connectivity index (χ1v) is 11.3. The lowest BCUT2D eigenvalue weighted by molar-refractivity contribution is 0.306. The Morgan fingerprint density at radius 1 is 1.00 bits per heavy atom. The molecule has 3 atom stereocenters. The van der Waals surface area contributed by atoms with Crippen molar-refractivity contribution >= 4 is 11.3 Å². The Hall–Kier alpha value is -2.43. The molecular formula is C25H26N2OS.